The molecule has 0 spiro atoms. The summed E-state index contributed by atoms with van der Waals surface area (Å²) < 4.78 is 13.1. The van der Waals surface area contributed by atoms with Crippen LogP contribution >= 0.6 is 0 Å². The zero-order chi connectivity index (χ0) is 18.8. The minimum atomic E-state index is -1.93. The lowest BCUT2D eigenvalue weighted by atomic mass is 9.92. The lowest BCUT2D eigenvalue weighted by Gasteiger charge is -2.43. The number of methoxy groups -OCH3 is 1. The van der Waals surface area contributed by atoms with E-state index in [1.165, 1.54) is 13.2 Å². The smallest absolute Gasteiger partial charge is 0.343 e. The molecule has 5 nitrogen and oxygen atoms in total. The first-order valence-corrected chi connectivity index (χ1v) is 12.0. The number of carbonyl (C=O) groups excluding carboxylic acids is 1. The molecule has 0 bridgehead atoms. The highest BCUT2D eigenvalue weighted by Gasteiger charge is 2.41. The molecule has 0 amide bonds. The molecule has 1 heterocycles. The molecule has 25 heavy (non-hydrogen) atoms. The van der Waals surface area contributed by atoms with Crippen molar-refractivity contribution >= 4 is 14.3 Å². The van der Waals surface area contributed by atoms with Crippen molar-refractivity contribution in [2.45, 2.75) is 76.7 Å². The van der Waals surface area contributed by atoms with E-state index in [4.69, 9.17) is 9.16 Å². The summed E-state index contributed by atoms with van der Waals surface area (Å²) in [6, 6.07) is 3.24. The molecule has 1 saturated carbocycles. The van der Waals surface area contributed by atoms with Crippen molar-refractivity contribution in [1.82, 2.24) is 4.57 Å². The standard InChI is InChI=1S/C19H31NO4Si/c1-19(2,3)25(5,6)24-16-12-8-7-11-15(16)20-13-9-10-14(17(20)21)18(22)23-4/h9-10,13,15-16H,7-8,11-12H2,1-6H3/t15?,16-/m1/s1. The highest BCUT2D eigenvalue weighted by Crippen LogP contribution is 2.41. The molecule has 2 rings (SSSR count). The van der Waals surface area contributed by atoms with Crippen LogP contribution < -0.4 is 5.56 Å². The van der Waals surface area contributed by atoms with Crippen molar-refractivity contribution in [1.29, 1.82) is 0 Å². The molecular formula is C19H31NO4Si. The molecule has 1 aliphatic rings. The van der Waals surface area contributed by atoms with Gasteiger partial charge in [-0.3, -0.25) is 4.79 Å². The Labute approximate surface area is 151 Å². The summed E-state index contributed by atoms with van der Waals surface area (Å²) in [5, 5.41) is 0.119. The van der Waals surface area contributed by atoms with Crippen LogP contribution in [-0.4, -0.2) is 32.1 Å². The zero-order valence-corrected chi connectivity index (χ0v) is 17.3. The van der Waals surface area contributed by atoms with E-state index in [0.717, 1.165) is 25.7 Å². The fraction of sp³-hybridized carbons (Fsp3) is 0.684. The average Bonchev–Trinajstić information content (AvgIpc) is 2.54. The molecule has 140 valence electrons. The second-order valence-corrected chi connectivity index (χ2v) is 13.2. The van der Waals surface area contributed by atoms with Gasteiger partial charge in [-0.1, -0.05) is 33.6 Å². The van der Waals surface area contributed by atoms with E-state index in [1.807, 2.05) is 0 Å². The second kappa shape index (κ2) is 7.46. The van der Waals surface area contributed by atoms with Crippen molar-refractivity contribution in [2.24, 2.45) is 0 Å². The maximum atomic E-state index is 12.8. The van der Waals surface area contributed by atoms with E-state index in [-0.39, 0.29) is 28.3 Å². The van der Waals surface area contributed by atoms with Crippen molar-refractivity contribution in [3.8, 4) is 0 Å². The number of carbonyl (C=O) groups is 1. The molecule has 1 fully saturated rings. The summed E-state index contributed by atoms with van der Waals surface area (Å²) in [4.78, 5) is 24.6. The Balaban J connectivity index is 2.36. The first-order valence-electron chi connectivity index (χ1n) is 9.06. The van der Waals surface area contributed by atoms with Gasteiger partial charge in [-0.25, -0.2) is 4.79 Å². The third-order valence-electron chi connectivity index (χ3n) is 5.66. The van der Waals surface area contributed by atoms with Crippen LogP contribution in [0.5, 0.6) is 0 Å². The Morgan fingerprint density at radius 2 is 1.88 bits per heavy atom. The number of nitrogens with zero attached hydrogens (tertiary/aromatic N) is 1. The van der Waals surface area contributed by atoms with Crippen LogP contribution in [0, 0.1) is 0 Å². The summed E-state index contributed by atoms with van der Waals surface area (Å²) in [6.07, 6.45) is 5.81. The lowest BCUT2D eigenvalue weighted by Crippen LogP contribution is -2.48. The number of rotatable bonds is 4. The molecular weight excluding hydrogens is 334 g/mol. The van der Waals surface area contributed by atoms with Gasteiger partial charge >= 0.3 is 5.97 Å². The number of hydrogen-bond donors (Lipinski definition) is 0. The van der Waals surface area contributed by atoms with Gasteiger partial charge in [0.15, 0.2) is 8.32 Å². The van der Waals surface area contributed by atoms with E-state index in [0.29, 0.717) is 0 Å². The van der Waals surface area contributed by atoms with Crippen LogP contribution in [0.4, 0.5) is 0 Å². The summed E-state index contributed by atoms with van der Waals surface area (Å²) in [7, 11) is -0.639. The third kappa shape index (κ3) is 4.23. The van der Waals surface area contributed by atoms with Crippen LogP contribution in [-0.2, 0) is 9.16 Å². The van der Waals surface area contributed by atoms with Crippen molar-refractivity contribution in [3.05, 3.63) is 34.2 Å². The second-order valence-electron chi connectivity index (χ2n) is 8.39. The Bertz CT molecular complexity index is 675. The van der Waals surface area contributed by atoms with Gasteiger partial charge in [-0.2, -0.15) is 0 Å². The van der Waals surface area contributed by atoms with E-state index >= 15 is 0 Å². The summed E-state index contributed by atoms with van der Waals surface area (Å²) in [5.74, 6) is -0.586. The van der Waals surface area contributed by atoms with Crippen molar-refractivity contribution < 1.29 is 14.0 Å². The Morgan fingerprint density at radius 3 is 2.48 bits per heavy atom. The monoisotopic (exact) mass is 365 g/mol. The van der Waals surface area contributed by atoms with E-state index in [9.17, 15) is 9.59 Å². The van der Waals surface area contributed by atoms with Gasteiger partial charge < -0.3 is 13.7 Å². The third-order valence-corrected chi connectivity index (χ3v) is 10.2. The molecule has 2 atom stereocenters. The van der Waals surface area contributed by atoms with Crippen LogP contribution in [0.3, 0.4) is 0 Å². The van der Waals surface area contributed by atoms with Gasteiger partial charge in [0.2, 0.25) is 0 Å². The molecule has 0 N–H and O–H groups in total. The molecule has 1 aromatic rings. The average molecular weight is 366 g/mol. The number of ether oxygens (including phenoxy) is 1. The Morgan fingerprint density at radius 1 is 1.24 bits per heavy atom. The summed E-state index contributed by atoms with van der Waals surface area (Å²) >= 11 is 0. The first kappa shape index (κ1) is 19.9. The van der Waals surface area contributed by atoms with Crippen LogP contribution in [0.15, 0.2) is 23.1 Å². The minimum absolute atomic E-state index is 0.0141. The summed E-state index contributed by atoms with van der Waals surface area (Å²) in [6.45, 7) is 11.2. The number of pyridine rings is 1. The minimum Gasteiger partial charge on any atom is -0.465 e. The number of aromatic nitrogens is 1. The first-order chi connectivity index (χ1) is 11.6. The Hall–Kier alpha value is -1.40. The quantitative estimate of drug-likeness (QED) is 0.594. The molecule has 0 aromatic carbocycles. The molecule has 1 unspecified atom stereocenters. The van der Waals surface area contributed by atoms with E-state index in [1.54, 1.807) is 16.8 Å². The Kier molecular flexibility index (Phi) is 5.94. The van der Waals surface area contributed by atoms with Gasteiger partial charge in [0.25, 0.3) is 5.56 Å². The van der Waals surface area contributed by atoms with Gasteiger partial charge in [0.05, 0.1) is 19.3 Å². The topological polar surface area (TPSA) is 57.5 Å². The van der Waals surface area contributed by atoms with Gasteiger partial charge in [-0.05, 0) is 43.1 Å². The van der Waals surface area contributed by atoms with Crippen LogP contribution in [0.25, 0.3) is 0 Å². The maximum Gasteiger partial charge on any atom is 0.343 e. The predicted octanol–water partition coefficient (Wildman–Crippen LogP) is 4.14. The fourth-order valence-corrected chi connectivity index (χ4v) is 4.51. The molecule has 0 saturated heterocycles. The normalized spacial score (nSPS) is 21.8. The number of hydrogen-bond acceptors (Lipinski definition) is 4. The molecule has 0 aliphatic heterocycles. The van der Waals surface area contributed by atoms with Crippen LogP contribution in [0.2, 0.25) is 18.1 Å². The van der Waals surface area contributed by atoms with E-state index < -0.39 is 14.3 Å². The van der Waals surface area contributed by atoms with Gasteiger partial charge in [0.1, 0.15) is 5.56 Å². The molecule has 0 radical (unpaired) electrons. The molecule has 1 aliphatic carbocycles. The zero-order valence-electron chi connectivity index (χ0n) is 16.3. The summed E-state index contributed by atoms with van der Waals surface area (Å²) in [5.41, 5.74) is -0.202. The maximum absolute atomic E-state index is 12.8. The lowest BCUT2D eigenvalue weighted by molar-refractivity contribution is 0.0591. The molecule has 1 aromatic heterocycles. The highest BCUT2D eigenvalue weighted by atomic mass is 28.4. The predicted molar refractivity (Wildman–Crippen MR) is 102 cm³/mol. The van der Waals surface area contributed by atoms with Gasteiger partial charge in [0, 0.05) is 6.20 Å². The van der Waals surface area contributed by atoms with Crippen LogP contribution in [0.1, 0.15) is 62.9 Å². The SMILES string of the molecule is COC(=O)c1cccn(C2CCCC[C@H]2O[Si](C)(C)C(C)(C)C)c1=O. The number of esters is 1. The van der Waals surface area contributed by atoms with Crippen molar-refractivity contribution in [2.75, 3.05) is 7.11 Å². The largest absolute Gasteiger partial charge is 0.465 e. The fourth-order valence-electron chi connectivity index (χ4n) is 3.12. The van der Waals surface area contributed by atoms with E-state index in [2.05, 4.69) is 33.9 Å². The molecule has 6 heteroatoms. The van der Waals surface area contributed by atoms with Gasteiger partial charge in [-0.15, -0.1) is 0 Å². The highest BCUT2D eigenvalue weighted by molar-refractivity contribution is 6.74. The van der Waals surface area contributed by atoms with Crippen molar-refractivity contribution in [3.63, 3.8) is 0 Å².